The van der Waals surface area contributed by atoms with Crippen molar-refractivity contribution in [3.05, 3.63) is 35.4 Å². The first-order valence-corrected chi connectivity index (χ1v) is 7.22. The molecule has 1 rings (SSSR count). The van der Waals surface area contributed by atoms with E-state index < -0.39 is 10.0 Å². The third kappa shape index (κ3) is 4.45. The van der Waals surface area contributed by atoms with E-state index in [2.05, 4.69) is 4.72 Å². The van der Waals surface area contributed by atoms with Gasteiger partial charge in [-0.05, 0) is 25.0 Å². The summed E-state index contributed by atoms with van der Waals surface area (Å²) in [7, 11) is -3.50. The predicted molar refractivity (Wildman–Crippen MR) is 68.1 cm³/mol. The maximum Gasteiger partial charge on any atom is 0.216 e. The molecule has 0 aromatic heterocycles. The largest absolute Gasteiger partial charge is 0.396 e. The first-order valence-electron chi connectivity index (χ1n) is 5.57. The zero-order chi connectivity index (χ0) is 13.6. The predicted octanol–water partition coefficient (Wildman–Crippen LogP) is 0.749. The number of hydrogen-bond acceptors (Lipinski definition) is 4. The van der Waals surface area contributed by atoms with Crippen molar-refractivity contribution in [1.82, 2.24) is 4.72 Å². The van der Waals surface area contributed by atoms with Crippen molar-refractivity contribution in [2.75, 3.05) is 6.61 Å². The number of aliphatic hydroxyl groups is 1. The molecule has 0 aliphatic rings. The fourth-order valence-corrected chi connectivity index (χ4v) is 3.04. The van der Waals surface area contributed by atoms with Crippen molar-refractivity contribution >= 4 is 10.0 Å². The lowest BCUT2D eigenvalue weighted by molar-refractivity contribution is 0.275. The van der Waals surface area contributed by atoms with E-state index in [4.69, 9.17) is 10.4 Å². The van der Waals surface area contributed by atoms with Crippen molar-refractivity contribution in [2.24, 2.45) is 0 Å². The third-order valence-electron chi connectivity index (χ3n) is 2.43. The Kier molecular flexibility index (Phi) is 5.28. The Morgan fingerprint density at radius 3 is 2.72 bits per heavy atom. The van der Waals surface area contributed by atoms with Gasteiger partial charge in [0.1, 0.15) is 0 Å². The van der Waals surface area contributed by atoms with Crippen LogP contribution in [-0.2, 0) is 15.8 Å². The summed E-state index contributed by atoms with van der Waals surface area (Å²) < 4.78 is 26.2. The average molecular weight is 268 g/mol. The van der Waals surface area contributed by atoms with Crippen LogP contribution in [0.4, 0.5) is 0 Å². The second kappa shape index (κ2) is 6.50. The summed E-state index contributed by atoms with van der Waals surface area (Å²) >= 11 is 0. The fourth-order valence-electron chi connectivity index (χ4n) is 1.56. The minimum Gasteiger partial charge on any atom is -0.396 e. The number of nitrogens with zero attached hydrogens (tertiary/aromatic N) is 1. The van der Waals surface area contributed by atoms with E-state index in [-0.39, 0.29) is 18.4 Å². The number of aliphatic hydroxyl groups excluding tert-OH is 1. The van der Waals surface area contributed by atoms with Crippen LogP contribution >= 0.6 is 0 Å². The highest BCUT2D eigenvalue weighted by Gasteiger charge is 2.16. The molecule has 0 aliphatic heterocycles. The van der Waals surface area contributed by atoms with E-state index in [0.717, 1.165) is 0 Å². The molecule has 1 unspecified atom stereocenters. The van der Waals surface area contributed by atoms with Crippen LogP contribution in [0.5, 0.6) is 0 Å². The summed E-state index contributed by atoms with van der Waals surface area (Å²) in [6.45, 7) is 1.61. The zero-order valence-corrected chi connectivity index (χ0v) is 10.9. The summed E-state index contributed by atoms with van der Waals surface area (Å²) in [5.74, 6) is -0.230. The van der Waals surface area contributed by atoms with Crippen molar-refractivity contribution in [3.63, 3.8) is 0 Å². The molecule has 18 heavy (non-hydrogen) atoms. The van der Waals surface area contributed by atoms with Crippen molar-refractivity contribution in [2.45, 2.75) is 25.1 Å². The molecular formula is C12H16N2O3S. The second-order valence-corrected chi connectivity index (χ2v) is 5.81. The van der Waals surface area contributed by atoms with Crippen molar-refractivity contribution in [3.8, 4) is 6.07 Å². The second-order valence-electron chi connectivity index (χ2n) is 4.06. The summed E-state index contributed by atoms with van der Waals surface area (Å²) in [5, 5.41) is 17.6. The molecule has 0 fully saturated rings. The zero-order valence-electron chi connectivity index (χ0n) is 10.1. The molecule has 98 valence electrons. The Hall–Kier alpha value is -1.42. The Bertz CT molecular complexity index is 534. The first-order chi connectivity index (χ1) is 8.48. The average Bonchev–Trinajstić information content (AvgIpc) is 2.28. The molecular weight excluding hydrogens is 252 g/mol. The molecule has 0 heterocycles. The molecule has 6 heteroatoms. The van der Waals surface area contributed by atoms with Crippen LogP contribution in [0.15, 0.2) is 24.3 Å². The minimum atomic E-state index is -3.50. The Morgan fingerprint density at radius 2 is 2.11 bits per heavy atom. The molecule has 0 amide bonds. The number of sulfonamides is 1. The van der Waals surface area contributed by atoms with Crippen LogP contribution in [-0.4, -0.2) is 26.2 Å². The van der Waals surface area contributed by atoms with E-state index in [9.17, 15) is 8.42 Å². The maximum atomic E-state index is 11.9. The minimum absolute atomic E-state index is 0.0710. The van der Waals surface area contributed by atoms with Gasteiger partial charge >= 0.3 is 0 Å². The number of nitrogens with one attached hydrogen (secondary N) is 1. The van der Waals surface area contributed by atoms with Gasteiger partial charge in [0.05, 0.1) is 17.4 Å². The van der Waals surface area contributed by atoms with Crippen LogP contribution in [0, 0.1) is 11.3 Å². The molecule has 1 aromatic rings. The lowest BCUT2D eigenvalue weighted by atomic mass is 10.1. The Morgan fingerprint density at radius 1 is 1.44 bits per heavy atom. The highest BCUT2D eigenvalue weighted by Crippen LogP contribution is 2.11. The highest BCUT2D eigenvalue weighted by molar-refractivity contribution is 7.88. The van der Waals surface area contributed by atoms with Crippen LogP contribution in [0.3, 0.4) is 0 Å². The number of benzene rings is 1. The molecule has 0 radical (unpaired) electrons. The van der Waals surface area contributed by atoms with Crippen LogP contribution < -0.4 is 4.72 Å². The van der Waals surface area contributed by atoms with E-state index in [1.165, 1.54) is 0 Å². The number of hydrogen-bond donors (Lipinski definition) is 2. The summed E-state index contributed by atoms with van der Waals surface area (Å²) in [6.07, 6.45) is 0.360. The molecule has 0 saturated carbocycles. The number of rotatable bonds is 6. The quantitative estimate of drug-likeness (QED) is 0.796. The van der Waals surface area contributed by atoms with Gasteiger partial charge in [-0.3, -0.25) is 0 Å². The molecule has 0 spiro atoms. The first kappa shape index (κ1) is 14.6. The van der Waals surface area contributed by atoms with Crippen LogP contribution in [0.2, 0.25) is 0 Å². The van der Waals surface area contributed by atoms with Gasteiger partial charge in [0.25, 0.3) is 0 Å². The van der Waals surface area contributed by atoms with E-state index in [1.807, 2.05) is 6.07 Å². The van der Waals surface area contributed by atoms with E-state index in [0.29, 0.717) is 17.5 Å². The van der Waals surface area contributed by atoms with Crippen molar-refractivity contribution in [1.29, 1.82) is 5.26 Å². The summed E-state index contributed by atoms with van der Waals surface area (Å²) in [5.41, 5.74) is 0.835. The molecule has 1 aromatic carbocycles. The van der Waals surface area contributed by atoms with Gasteiger partial charge in [-0.1, -0.05) is 18.2 Å². The molecule has 0 saturated heterocycles. The molecule has 5 nitrogen and oxygen atoms in total. The van der Waals surface area contributed by atoms with Gasteiger partial charge < -0.3 is 5.11 Å². The van der Waals surface area contributed by atoms with Crippen molar-refractivity contribution < 1.29 is 13.5 Å². The van der Waals surface area contributed by atoms with Gasteiger partial charge in [0.2, 0.25) is 10.0 Å². The topological polar surface area (TPSA) is 90.2 Å². The van der Waals surface area contributed by atoms with Gasteiger partial charge in [0, 0.05) is 12.6 Å². The molecule has 1 atom stereocenters. The Labute approximate surface area is 107 Å². The summed E-state index contributed by atoms with van der Waals surface area (Å²) in [4.78, 5) is 0. The lowest BCUT2D eigenvalue weighted by Crippen LogP contribution is -2.34. The van der Waals surface area contributed by atoms with Crippen LogP contribution in [0.25, 0.3) is 0 Å². The SMILES string of the molecule is CC(CCO)NS(=O)(=O)Cc1ccccc1C#N. The standard InChI is InChI=1S/C12H16N2O3S/c1-10(6-7-15)14-18(16,17)9-12-5-3-2-4-11(12)8-13/h2-5,10,14-15H,6-7,9H2,1H3. The van der Waals surface area contributed by atoms with Gasteiger partial charge in [-0.25, -0.2) is 13.1 Å². The molecule has 0 aliphatic carbocycles. The Balaban J connectivity index is 2.80. The molecule has 2 N–H and O–H groups in total. The monoisotopic (exact) mass is 268 g/mol. The molecule has 0 bridgehead atoms. The summed E-state index contributed by atoms with van der Waals surface area (Å²) in [6, 6.07) is 8.23. The smallest absolute Gasteiger partial charge is 0.216 e. The lowest BCUT2D eigenvalue weighted by Gasteiger charge is -2.13. The normalized spacial score (nSPS) is 12.9. The van der Waals surface area contributed by atoms with Crippen LogP contribution in [0.1, 0.15) is 24.5 Å². The fraction of sp³-hybridized carbons (Fsp3) is 0.417. The third-order valence-corrected chi connectivity index (χ3v) is 3.88. The number of nitriles is 1. The van der Waals surface area contributed by atoms with E-state index in [1.54, 1.807) is 31.2 Å². The van der Waals surface area contributed by atoms with Gasteiger partial charge in [-0.2, -0.15) is 5.26 Å². The van der Waals surface area contributed by atoms with Gasteiger partial charge in [0.15, 0.2) is 0 Å². The van der Waals surface area contributed by atoms with Gasteiger partial charge in [-0.15, -0.1) is 0 Å². The maximum absolute atomic E-state index is 11.9. The van der Waals surface area contributed by atoms with E-state index >= 15 is 0 Å². The highest BCUT2D eigenvalue weighted by atomic mass is 32.2.